The van der Waals surface area contributed by atoms with Gasteiger partial charge in [-0.15, -0.1) is 0 Å². The second-order valence-corrected chi connectivity index (χ2v) is 3.85. The SMILES string of the molecule is COCCC(=O)NCC(C(=O)O)c1ccccc1. The summed E-state index contributed by atoms with van der Waals surface area (Å²) in [6.45, 7) is 0.413. The molecule has 5 nitrogen and oxygen atoms in total. The van der Waals surface area contributed by atoms with Gasteiger partial charge in [-0.3, -0.25) is 9.59 Å². The van der Waals surface area contributed by atoms with Crippen molar-refractivity contribution in [2.45, 2.75) is 12.3 Å². The van der Waals surface area contributed by atoms with E-state index in [0.717, 1.165) is 0 Å². The number of carbonyl (C=O) groups is 2. The molecule has 0 heterocycles. The average molecular weight is 251 g/mol. The minimum Gasteiger partial charge on any atom is -0.481 e. The Morgan fingerprint density at radius 2 is 2.00 bits per heavy atom. The molecule has 0 aliphatic rings. The normalized spacial score (nSPS) is 11.8. The molecule has 2 N–H and O–H groups in total. The molecule has 1 amide bonds. The molecule has 0 fully saturated rings. The molecule has 5 heteroatoms. The van der Waals surface area contributed by atoms with Crippen LogP contribution in [-0.4, -0.2) is 37.2 Å². The Hall–Kier alpha value is -1.88. The molecule has 0 radical (unpaired) electrons. The van der Waals surface area contributed by atoms with Gasteiger partial charge in [-0.2, -0.15) is 0 Å². The van der Waals surface area contributed by atoms with Crippen LogP contribution in [0.2, 0.25) is 0 Å². The highest BCUT2D eigenvalue weighted by Gasteiger charge is 2.20. The van der Waals surface area contributed by atoms with Crippen LogP contribution in [-0.2, 0) is 14.3 Å². The standard InChI is InChI=1S/C13H17NO4/c1-18-8-7-12(15)14-9-11(13(16)17)10-5-3-2-4-6-10/h2-6,11H,7-9H2,1H3,(H,14,15)(H,16,17). The van der Waals surface area contributed by atoms with Crippen molar-refractivity contribution in [3.8, 4) is 0 Å². The topological polar surface area (TPSA) is 75.6 Å². The van der Waals surface area contributed by atoms with Crippen LogP contribution >= 0.6 is 0 Å². The maximum absolute atomic E-state index is 11.4. The molecular weight excluding hydrogens is 234 g/mol. The van der Waals surface area contributed by atoms with E-state index >= 15 is 0 Å². The number of benzene rings is 1. The van der Waals surface area contributed by atoms with Crippen LogP contribution in [0.1, 0.15) is 17.9 Å². The highest BCUT2D eigenvalue weighted by Crippen LogP contribution is 2.14. The Morgan fingerprint density at radius 1 is 1.33 bits per heavy atom. The zero-order chi connectivity index (χ0) is 13.4. The van der Waals surface area contributed by atoms with E-state index in [4.69, 9.17) is 9.84 Å². The summed E-state index contributed by atoms with van der Waals surface area (Å²) in [5.41, 5.74) is 0.678. The number of hydrogen-bond acceptors (Lipinski definition) is 3. The number of carboxylic acids is 1. The summed E-state index contributed by atoms with van der Waals surface area (Å²) in [7, 11) is 1.51. The number of carboxylic acid groups (broad SMARTS) is 1. The molecule has 1 unspecified atom stereocenters. The summed E-state index contributed by atoms with van der Waals surface area (Å²) < 4.78 is 4.77. The van der Waals surface area contributed by atoms with Gasteiger partial charge >= 0.3 is 5.97 Å². The third kappa shape index (κ3) is 4.55. The lowest BCUT2D eigenvalue weighted by Crippen LogP contribution is -2.32. The van der Waals surface area contributed by atoms with E-state index in [1.54, 1.807) is 24.3 Å². The molecule has 0 aliphatic heterocycles. The molecule has 18 heavy (non-hydrogen) atoms. The van der Waals surface area contributed by atoms with Gasteiger partial charge in [0, 0.05) is 20.1 Å². The highest BCUT2D eigenvalue weighted by atomic mass is 16.5. The molecule has 1 rings (SSSR count). The fraction of sp³-hybridized carbons (Fsp3) is 0.385. The lowest BCUT2D eigenvalue weighted by atomic mass is 9.99. The summed E-state index contributed by atoms with van der Waals surface area (Å²) >= 11 is 0. The molecule has 0 bridgehead atoms. The molecule has 1 aromatic rings. The summed E-state index contributed by atoms with van der Waals surface area (Å²) in [4.78, 5) is 22.5. The molecule has 98 valence electrons. The lowest BCUT2D eigenvalue weighted by molar-refractivity contribution is -0.138. The van der Waals surface area contributed by atoms with Crippen LogP contribution in [0, 0.1) is 0 Å². The van der Waals surface area contributed by atoms with E-state index in [9.17, 15) is 9.59 Å². The van der Waals surface area contributed by atoms with Crippen LogP contribution in [0.5, 0.6) is 0 Å². The zero-order valence-electron chi connectivity index (χ0n) is 10.3. The Kier molecular flexibility index (Phi) is 5.87. The Morgan fingerprint density at radius 3 is 2.56 bits per heavy atom. The maximum atomic E-state index is 11.4. The lowest BCUT2D eigenvalue weighted by Gasteiger charge is -2.13. The summed E-state index contributed by atoms with van der Waals surface area (Å²) in [5.74, 6) is -1.88. The zero-order valence-corrected chi connectivity index (χ0v) is 10.3. The van der Waals surface area contributed by atoms with Crippen molar-refractivity contribution in [1.29, 1.82) is 0 Å². The second-order valence-electron chi connectivity index (χ2n) is 3.85. The van der Waals surface area contributed by atoms with E-state index in [0.29, 0.717) is 12.2 Å². The van der Waals surface area contributed by atoms with Gasteiger partial charge in [0.05, 0.1) is 12.5 Å². The monoisotopic (exact) mass is 251 g/mol. The van der Waals surface area contributed by atoms with Crippen LogP contribution in [0.25, 0.3) is 0 Å². The van der Waals surface area contributed by atoms with Crippen molar-refractivity contribution in [3.63, 3.8) is 0 Å². The Balaban J connectivity index is 2.55. The largest absolute Gasteiger partial charge is 0.481 e. The third-order valence-electron chi connectivity index (χ3n) is 2.54. The Bertz CT molecular complexity index is 391. The van der Waals surface area contributed by atoms with Gasteiger partial charge in [0.15, 0.2) is 0 Å². The first-order chi connectivity index (χ1) is 8.65. The first kappa shape index (κ1) is 14.2. The Labute approximate surface area is 106 Å². The number of rotatable bonds is 7. The van der Waals surface area contributed by atoms with Gasteiger partial charge in [-0.05, 0) is 5.56 Å². The van der Waals surface area contributed by atoms with Crippen molar-refractivity contribution >= 4 is 11.9 Å². The van der Waals surface area contributed by atoms with Crippen LogP contribution < -0.4 is 5.32 Å². The number of ether oxygens (including phenoxy) is 1. The van der Waals surface area contributed by atoms with Gasteiger partial charge in [-0.1, -0.05) is 30.3 Å². The molecule has 0 saturated heterocycles. The number of aliphatic carboxylic acids is 1. The van der Waals surface area contributed by atoms with Gasteiger partial charge in [0.25, 0.3) is 0 Å². The van der Waals surface area contributed by atoms with E-state index in [1.807, 2.05) is 6.07 Å². The number of hydrogen-bond donors (Lipinski definition) is 2. The highest BCUT2D eigenvalue weighted by molar-refractivity contribution is 5.79. The van der Waals surface area contributed by atoms with E-state index in [-0.39, 0.29) is 18.9 Å². The van der Waals surface area contributed by atoms with Gasteiger partial charge in [0.1, 0.15) is 0 Å². The minimum atomic E-state index is -0.951. The van der Waals surface area contributed by atoms with Crippen molar-refractivity contribution in [2.75, 3.05) is 20.3 Å². The second kappa shape index (κ2) is 7.45. The summed E-state index contributed by atoms with van der Waals surface area (Å²) in [6.07, 6.45) is 0.234. The van der Waals surface area contributed by atoms with Crippen LogP contribution in [0.15, 0.2) is 30.3 Å². The van der Waals surface area contributed by atoms with Gasteiger partial charge < -0.3 is 15.2 Å². The predicted octanol–water partition coefficient (Wildman–Crippen LogP) is 1.01. The fourth-order valence-electron chi connectivity index (χ4n) is 1.53. The van der Waals surface area contributed by atoms with Crippen molar-refractivity contribution < 1.29 is 19.4 Å². The van der Waals surface area contributed by atoms with Gasteiger partial charge in [0.2, 0.25) is 5.91 Å². The average Bonchev–Trinajstić information content (AvgIpc) is 2.37. The molecule has 0 saturated carbocycles. The van der Waals surface area contributed by atoms with E-state index in [2.05, 4.69) is 5.32 Å². The summed E-state index contributed by atoms with van der Waals surface area (Å²) in [5, 5.41) is 11.7. The first-order valence-corrected chi connectivity index (χ1v) is 5.68. The molecule has 0 spiro atoms. The minimum absolute atomic E-state index is 0.0852. The first-order valence-electron chi connectivity index (χ1n) is 5.68. The van der Waals surface area contributed by atoms with Gasteiger partial charge in [-0.25, -0.2) is 0 Å². The smallest absolute Gasteiger partial charge is 0.312 e. The quantitative estimate of drug-likeness (QED) is 0.758. The van der Waals surface area contributed by atoms with Crippen LogP contribution in [0.4, 0.5) is 0 Å². The van der Waals surface area contributed by atoms with E-state index in [1.165, 1.54) is 7.11 Å². The fourth-order valence-corrected chi connectivity index (χ4v) is 1.53. The molecule has 1 aromatic carbocycles. The maximum Gasteiger partial charge on any atom is 0.312 e. The molecular formula is C13H17NO4. The number of amides is 1. The van der Waals surface area contributed by atoms with Crippen molar-refractivity contribution in [1.82, 2.24) is 5.32 Å². The molecule has 0 aromatic heterocycles. The van der Waals surface area contributed by atoms with E-state index < -0.39 is 11.9 Å². The molecule has 1 atom stereocenters. The number of carbonyl (C=O) groups excluding carboxylic acids is 1. The number of methoxy groups -OCH3 is 1. The number of nitrogens with one attached hydrogen (secondary N) is 1. The van der Waals surface area contributed by atoms with Crippen molar-refractivity contribution in [3.05, 3.63) is 35.9 Å². The van der Waals surface area contributed by atoms with Crippen molar-refractivity contribution in [2.24, 2.45) is 0 Å². The predicted molar refractivity (Wildman–Crippen MR) is 66.3 cm³/mol. The molecule has 0 aliphatic carbocycles. The summed E-state index contributed by atoms with van der Waals surface area (Å²) in [6, 6.07) is 8.84. The third-order valence-corrected chi connectivity index (χ3v) is 2.54. The van der Waals surface area contributed by atoms with Crippen LogP contribution in [0.3, 0.4) is 0 Å².